The molecule has 20 heavy (non-hydrogen) atoms. The summed E-state index contributed by atoms with van der Waals surface area (Å²) in [5.41, 5.74) is 6.12. The van der Waals surface area contributed by atoms with E-state index in [0.29, 0.717) is 13.2 Å². The van der Waals surface area contributed by atoms with Gasteiger partial charge in [0.2, 0.25) is 0 Å². The van der Waals surface area contributed by atoms with Crippen molar-refractivity contribution in [1.82, 2.24) is 0 Å². The molecule has 1 rings (SSSR count). The molecule has 3 nitrogen and oxygen atoms in total. The summed E-state index contributed by atoms with van der Waals surface area (Å²) < 4.78 is 5.53. The van der Waals surface area contributed by atoms with E-state index in [-0.39, 0.29) is 0 Å². The molecule has 3 N–H and O–H groups in total. The fraction of sp³-hybridized carbons (Fsp3) is 0.647. The van der Waals surface area contributed by atoms with Gasteiger partial charge in [-0.3, -0.25) is 0 Å². The molecule has 114 valence electrons. The summed E-state index contributed by atoms with van der Waals surface area (Å²) >= 11 is 0. The normalized spacial score (nSPS) is 14.0. The Balaban J connectivity index is 2.54. The van der Waals surface area contributed by atoms with Crippen molar-refractivity contribution >= 4 is 0 Å². The van der Waals surface area contributed by atoms with Crippen LogP contribution in [0.3, 0.4) is 0 Å². The molecule has 0 radical (unpaired) electrons. The molecule has 3 heteroatoms. The minimum absolute atomic E-state index is 0.524. The third-order valence-corrected chi connectivity index (χ3v) is 3.82. The van der Waals surface area contributed by atoms with Crippen molar-refractivity contribution in [2.45, 2.75) is 58.0 Å². The van der Waals surface area contributed by atoms with Crippen molar-refractivity contribution in [1.29, 1.82) is 0 Å². The minimum atomic E-state index is -0.524. The van der Waals surface area contributed by atoms with Crippen LogP contribution in [0.4, 0.5) is 0 Å². The first-order valence-electron chi connectivity index (χ1n) is 7.77. The van der Waals surface area contributed by atoms with Crippen LogP contribution in [0.25, 0.3) is 0 Å². The number of nitrogens with two attached hydrogens (primary N) is 1. The largest absolute Gasteiger partial charge is 0.492 e. The quantitative estimate of drug-likeness (QED) is 0.691. The van der Waals surface area contributed by atoms with Crippen LogP contribution in [0.1, 0.15) is 51.5 Å². The predicted octanol–water partition coefficient (Wildman–Crippen LogP) is 3.29. The highest BCUT2D eigenvalue weighted by atomic mass is 16.5. The highest BCUT2D eigenvalue weighted by molar-refractivity contribution is 5.28. The van der Waals surface area contributed by atoms with Gasteiger partial charge in [-0.2, -0.15) is 0 Å². The number of rotatable bonds is 10. The topological polar surface area (TPSA) is 55.5 Å². The standard InChI is InChI=1S/C17H29NO2/c1-3-5-10-17(19,4-2)11-9-15-7-6-8-16(14-15)20-13-12-18/h6-8,14,19H,3-5,9-13,18H2,1-2H3. The van der Waals surface area contributed by atoms with Crippen molar-refractivity contribution in [3.63, 3.8) is 0 Å². The fourth-order valence-corrected chi connectivity index (χ4v) is 2.33. The van der Waals surface area contributed by atoms with Gasteiger partial charge in [-0.15, -0.1) is 0 Å². The molecule has 0 heterocycles. The van der Waals surface area contributed by atoms with Gasteiger partial charge in [-0.25, -0.2) is 0 Å². The number of hydrogen-bond acceptors (Lipinski definition) is 3. The van der Waals surface area contributed by atoms with Gasteiger partial charge < -0.3 is 15.6 Å². The first-order chi connectivity index (χ1) is 9.63. The Labute approximate surface area is 123 Å². The molecule has 0 bridgehead atoms. The predicted molar refractivity (Wildman–Crippen MR) is 84.1 cm³/mol. The van der Waals surface area contributed by atoms with Crippen molar-refractivity contribution in [3.05, 3.63) is 29.8 Å². The maximum absolute atomic E-state index is 10.6. The lowest BCUT2D eigenvalue weighted by Gasteiger charge is -2.26. The fourth-order valence-electron chi connectivity index (χ4n) is 2.33. The molecule has 1 atom stereocenters. The first kappa shape index (κ1) is 17.0. The number of benzene rings is 1. The summed E-state index contributed by atoms with van der Waals surface area (Å²) in [6, 6.07) is 8.08. The summed E-state index contributed by atoms with van der Waals surface area (Å²) in [6.07, 6.45) is 5.62. The monoisotopic (exact) mass is 279 g/mol. The SMILES string of the molecule is CCCCC(O)(CC)CCc1cccc(OCCN)c1. The zero-order valence-corrected chi connectivity index (χ0v) is 12.9. The first-order valence-corrected chi connectivity index (χ1v) is 7.77. The molecule has 0 fully saturated rings. The Kier molecular flexibility index (Phi) is 7.63. The van der Waals surface area contributed by atoms with E-state index in [0.717, 1.165) is 44.3 Å². The Morgan fingerprint density at radius 2 is 2.05 bits per heavy atom. The molecule has 0 aliphatic carbocycles. The molecule has 1 aromatic rings. The Hall–Kier alpha value is -1.06. The number of ether oxygens (including phenoxy) is 1. The van der Waals surface area contributed by atoms with Crippen LogP contribution in [-0.4, -0.2) is 23.9 Å². The van der Waals surface area contributed by atoms with Gasteiger partial charge in [-0.1, -0.05) is 38.8 Å². The second kappa shape index (κ2) is 8.98. The van der Waals surface area contributed by atoms with Crippen LogP contribution in [-0.2, 0) is 6.42 Å². The van der Waals surface area contributed by atoms with Gasteiger partial charge in [0.25, 0.3) is 0 Å². The van der Waals surface area contributed by atoms with Crippen LogP contribution < -0.4 is 10.5 Å². The van der Waals surface area contributed by atoms with E-state index in [1.807, 2.05) is 18.2 Å². The van der Waals surface area contributed by atoms with Crippen LogP contribution >= 0.6 is 0 Å². The van der Waals surface area contributed by atoms with E-state index >= 15 is 0 Å². The van der Waals surface area contributed by atoms with Crippen LogP contribution in [0.5, 0.6) is 5.75 Å². The number of unbranched alkanes of at least 4 members (excludes halogenated alkanes) is 1. The molecule has 0 saturated heterocycles. The van der Waals surface area contributed by atoms with Crippen molar-refractivity contribution in [2.75, 3.05) is 13.2 Å². The highest BCUT2D eigenvalue weighted by Crippen LogP contribution is 2.25. The number of aliphatic hydroxyl groups is 1. The summed E-state index contributed by atoms with van der Waals surface area (Å²) in [6.45, 7) is 5.29. The van der Waals surface area contributed by atoms with Crippen molar-refractivity contribution in [3.8, 4) is 5.75 Å². The van der Waals surface area contributed by atoms with E-state index in [2.05, 4.69) is 19.9 Å². The van der Waals surface area contributed by atoms with E-state index < -0.39 is 5.60 Å². The second-order valence-corrected chi connectivity index (χ2v) is 5.47. The summed E-state index contributed by atoms with van der Waals surface area (Å²) in [5.74, 6) is 0.863. The summed E-state index contributed by atoms with van der Waals surface area (Å²) in [7, 11) is 0. The van der Waals surface area contributed by atoms with Crippen LogP contribution in [0, 0.1) is 0 Å². The average molecular weight is 279 g/mol. The smallest absolute Gasteiger partial charge is 0.119 e. The van der Waals surface area contributed by atoms with E-state index in [1.165, 1.54) is 5.56 Å². The van der Waals surface area contributed by atoms with Crippen molar-refractivity contribution in [2.24, 2.45) is 5.73 Å². The molecule has 1 unspecified atom stereocenters. The molecule has 0 aliphatic heterocycles. The molecule has 0 aliphatic rings. The summed E-state index contributed by atoms with van der Waals surface area (Å²) in [5, 5.41) is 10.6. The number of aryl methyl sites for hydroxylation is 1. The van der Waals surface area contributed by atoms with Crippen LogP contribution in [0.15, 0.2) is 24.3 Å². The van der Waals surface area contributed by atoms with Gasteiger partial charge in [0.15, 0.2) is 0 Å². The van der Waals surface area contributed by atoms with E-state index in [9.17, 15) is 5.11 Å². The Morgan fingerprint density at radius 1 is 1.25 bits per heavy atom. The van der Waals surface area contributed by atoms with E-state index in [4.69, 9.17) is 10.5 Å². The van der Waals surface area contributed by atoms with Crippen LogP contribution in [0.2, 0.25) is 0 Å². The van der Waals surface area contributed by atoms with Crippen molar-refractivity contribution < 1.29 is 9.84 Å². The van der Waals surface area contributed by atoms with Gasteiger partial charge in [0.05, 0.1) is 5.60 Å². The van der Waals surface area contributed by atoms with Gasteiger partial charge in [0.1, 0.15) is 12.4 Å². The highest BCUT2D eigenvalue weighted by Gasteiger charge is 2.23. The molecular weight excluding hydrogens is 250 g/mol. The average Bonchev–Trinajstić information content (AvgIpc) is 2.49. The Bertz CT molecular complexity index is 381. The zero-order valence-electron chi connectivity index (χ0n) is 12.9. The molecule has 1 aromatic carbocycles. The lowest BCUT2D eigenvalue weighted by Crippen LogP contribution is -2.28. The molecule has 0 saturated carbocycles. The third-order valence-electron chi connectivity index (χ3n) is 3.82. The molecule has 0 aromatic heterocycles. The lowest BCUT2D eigenvalue weighted by molar-refractivity contribution is 0.0171. The Morgan fingerprint density at radius 3 is 2.70 bits per heavy atom. The molecule has 0 amide bonds. The van der Waals surface area contributed by atoms with Gasteiger partial charge in [0, 0.05) is 6.54 Å². The number of hydrogen-bond donors (Lipinski definition) is 2. The van der Waals surface area contributed by atoms with Gasteiger partial charge in [-0.05, 0) is 43.4 Å². The zero-order chi connectivity index (χ0) is 14.8. The molecular formula is C17H29NO2. The maximum atomic E-state index is 10.6. The second-order valence-electron chi connectivity index (χ2n) is 5.47. The van der Waals surface area contributed by atoms with E-state index in [1.54, 1.807) is 0 Å². The third kappa shape index (κ3) is 5.93. The minimum Gasteiger partial charge on any atom is -0.492 e. The summed E-state index contributed by atoms with van der Waals surface area (Å²) in [4.78, 5) is 0. The van der Waals surface area contributed by atoms with Gasteiger partial charge >= 0.3 is 0 Å². The lowest BCUT2D eigenvalue weighted by atomic mass is 9.87. The maximum Gasteiger partial charge on any atom is 0.119 e. The molecule has 0 spiro atoms.